The summed E-state index contributed by atoms with van der Waals surface area (Å²) in [6.07, 6.45) is -32.3. The molecule has 1 unspecified atom stereocenters. The first-order chi connectivity index (χ1) is 22.3. The minimum absolute atomic E-state index is 0.772. The average molecular weight is 786 g/mol. The number of carboxylic acid groups (broad SMARTS) is 1. The molecule has 3 aliphatic rings. The van der Waals surface area contributed by atoms with Gasteiger partial charge in [-0.2, -0.15) is 30.0 Å². The van der Waals surface area contributed by atoms with Crippen molar-refractivity contribution in [3.8, 4) is 0 Å². The molecule has 0 bridgehead atoms. The number of carboxylic acids is 1. The van der Waals surface area contributed by atoms with Gasteiger partial charge >= 0.3 is 43.0 Å². The summed E-state index contributed by atoms with van der Waals surface area (Å²) in [5, 5.41) is 71.0. The Kier molecular flexibility index (Phi) is 13.4. The predicted octanol–water partition coefficient (Wildman–Crippen LogP) is -8.25. The van der Waals surface area contributed by atoms with E-state index in [1.807, 2.05) is 0 Å². The molecule has 3 saturated heterocycles. The number of carbonyl (C=O) groups is 2. The summed E-state index contributed by atoms with van der Waals surface area (Å²) in [6.45, 7) is -1.04. The number of aliphatic carboxylic acids is 1. The van der Waals surface area contributed by atoms with Gasteiger partial charge in [-0.05, 0) is 0 Å². The van der Waals surface area contributed by atoms with Crippen LogP contribution >= 0.6 is 0 Å². The van der Waals surface area contributed by atoms with Gasteiger partial charge in [0.05, 0.1) is 6.61 Å². The second-order valence-electron chi connectivity index (χ2n) is 10.3. The Hall–Kier alpha value is -1.89. The summed E-state index contributed by atoms with van der Waals surface area (Å²) in [6, 6.07) is -2.36. The Morgan fingerprint density at radius 3 is 1.82 bits per heavy atom. The summed E-state index contributed by atoms with van der Waals surface area (Å²) in [4.78, 5) is 24.6. The maximum atomic E-state index is 12.4. The van der Waals surface area contributed by atoms with Crippen molar-refractivity contribution in [1.82, 2.24) is 4.72 Å². The Morgan fingerprint density at radius 1 is 0.714 bits per heavy atom. The third kappa shape index (κ3) is 10.6. The zero-order valence-corrected chi connectivity index (χ0v) is 26.5. The van der Waals surface area contributed by atoms with Crippen LogP contribution in [0.25, 0.3) is 0 Å². The first kappa shape index (κ1) is 41.5. The summed E-state index contributed by atoms with van der Waals surface area (Å²) in [5.74, 6) is -4.13. The molecule has 3 fully saturated rings. The van der Waals surface area contributed by atoms with E-state index >= 15 is 0 Å². The maximum Gasteiger partial charge on any atom is 0.449 e. The lowest BCUT2D eigenvalue weighted by atomic mass is 9.95. The van der Waals surface area contributed by atoms with Crippen molar-refractivity contribution in [3.63, 3.8) is 0 Å². The highest BCUT2D eigenvalue weighted by Crippen LogP contribution is 2.33. The molecule has 11 N–H and O–H groups in total. The zero-order valence-electron chi connectivity index (χ0n) is 24.1. The SMILES string of the molecule is CO[C@H]1[C@H](O)[C@@H](NS(=O)(=O)O)[C@@H](O[C@H]2[C@H](O)[C@@H](OS(=O)(=O)O)[C@H](OC[C@H]3OC(O)[C@H](O)[C@@H](O)[C@@H]3O)O[C@H]2C(=O)O)O[C@@H]1C(=O)OS(=O)(=O)O. The highest BCUT2D eigenvalue weighted by molar-refractivity contribution is 7.83. The molecule has 3 heterocycles. The zero-order chi connectivity index (χ0) is 37.4. The first-order valence-electron chi connectivity index (χ1n) is 13.0. The highest BCUT2D eigenvalue weighted by Gasteiger charge is 2.57. The molecule has 0 radical (unpaired) electrons. The van der Waals surface area contributed by atoms with Gasteiger partial charge in [-0.15, -0.1) is 0 Å². The average Bonchev–Trinajstić information content (AvgIpc) is 2.95. The first-order valence-corrected chi connectivity index (χ1v) is 17.2. The van der Waals surface area contributed by atoms with Crippen LogP contribution in [0, 0.1) is 0 Å². The summed E-state index contributed by atoms with van der Waals surface area (Å²) in [5.41, 5.74) is 0. The lowest BCUT2D eigenvalue weighted by Gasteiger charge is -2.47. The molecule has 0 aromatic rings. The normalized spacial score (nSPS) is 40.8. The van der Waals surface area contributed by atoms with E-state index in [1.54, 1.807) is 0 Å². The lowest BCUT2D eigenvalue weighted by Crippen LogP contribution is -2.69. The molecule has 0 aliphatic carbocycles. The maximum absolute atomic E-state index is 12.4. The van der Waals surface area contributed by atoms with Crippen molar-refractivity contribution in [2.24, 2.45) is 0 Å². The molecule has 3 aliphatic heterocycles. The predicted molar refractivity (Wildman–Crippen MR) is 140 cm³/mol. The van der Waals surface area contributed by atoms with Crippen molar-refractivity contribution >= 4 is 43.0 Å². The largest absolute Gasteiger partial charge is 0.479 e. The Labute approximate surface area is 274 Å². The molecule has 27 nitrogen and oxygen atoms in total. The van der Waals surface area contributed by atoms with E-state index in [4.69, 9.17) is 33.0 Å². The Bertz CT molecular complexity index is 1510. The number of carbonyl (C=O) groups excluding carboxylic acids is 1. The topological polar surface area (TPSA) is 425 Å². The molecule has 30 heteroatoms. The number of hydrogen-bond acceptors (Lipinski definition) is 22. The quantitative estimate of drug-likeness (QED) is 0.0772. The van der Waals surface area contributed by atoms with Crippen molar-refractivity contribution in [2.45, 2.75) is 92.1 Å². The van der Waals surface area contributed by atoms with E-state index in [9.17, 15) is 79.7 Å². The van der Waals surface area contributed by atoms with Gasteiger partial charge < -0.3 is 68.3 Å². The minimum Gasteiger partial charge on any atom is -0.479 e. The lowest BCUT2D eigenvalue weighted by molar-refractivity contribution is -0.343. The van der Waals surface area contributed by atoms with E-state index < -0.39 is 142 Å². The molecule has 0 saturated carbocycles. The van der Waals surface area contributed by atoms with Crippen LogP contribution in [0.2, 0.25) is 0 Å². The van der Waals surface area contributed by atoms with Gasteiger partial charge in [0.2, 0.25) is 0 Å². The number of rotatable bonds is 13. The van der Waals surface area contributed by atoms with Gasteiger partial charge in [0.15, 0.2) is 37.2 Å². The molecular weight excluding hydrogens is 754 g/mol. The van der Waals surface area contributed by atoms with Crippen LogP contribution in [-0.2, 0) is 77.5 Å². The number of aliphatic hydroxyl groups is 6. The van der Waals surface area contributed by atoms with E-state index in [2.05, 4.69) is 8.37 Å². The fraction of sp³-hybridized carbons (Fsp3) is 0.895. The van der Waals surface area contributed by atoms with Crippen LogP contribution in [0.5, 0.6) is 0 Å². The second kappa shape index (κ2) is 15.8. The summed E-state index contributed by atoms with van der Waals surface area (Å²) < 4.78 is 136. The molecule has 286 valence electrons. The van der Waals surface area contributed by atoms with Crippen LogP contribution in [0.1, 0.15) is 0 Å². The highest BCUT2D eigenvalue weighted by atomic mass is 32.3. The van der Waals surface area contributed by atoms with E-state index in [0.29, 0.717) is 0 Å². The molecular formula is C19H31NO26S3. The van der Waals surface area contributed by atoms with E-state index in [1.165, 1.54) is 4.72 Å². The molecule has 0 spiro atoms. The van der Waals surface area contributed by atoms with Gasteiger partial charge in [-0.25, -0.2) is 13.8 Å². The van der Waals surface area contributed by atoms with Gasteiger partial charge in [0.25, 0.3) is 0 Å². The monoisotopic (exact) mass is 785 g/mol. The van der Waals surface area contributed by atoms with Crippen LogP contribution in [-0.4, -0.2) is 192 Å². The van der Waals surface area contributed by atoms with Crippen LogP contribution in [0.3, 0.4) is 0 Å². The fourth-order valence-corrected chi connectivity index (χ4v) is 6.22. The third-order valence-electron chi connectivity index (χ3n) is 6.95. The van der Waals surface area contributed by atoms with E-state index in [0.717, 1.165) is 7.11 Å². The fourth-order valence-electron chi connectivity index (χ4n) is 4.84. The van der Waals surface area contributed by atoms with Crippen molar-refractivity contribution < 1.29 is 121 Å². The van der Waals surface area contributed by atoms with Crippen LogP contribution in [0.4, 0.5) is 0 Å². The number of aliphatic hydroxyl groups excluding tert-OH is 6. The smallest absolute Gasteiger partial charge is 0.449 e. The molecule has 15 atom stereocenters. The molecule has 3 rings (SSSR count). The van der Waals surface area contributed by atoms with Crippen molar-refractivity contribution in [3.05, 3.63) is 0 Å². The van der Waals surface area contributed by atoms with Gasteiger partial charge in [-0.1, -0.05) is 0 Å². The van der Waals surface area contributed by atoms with Crippen LogP contribution < -0.4 is 4.72 Å². The van der Waals surface area contributed by atoms with Gasteiger partial charge in [0, 0.05) is 7.11 Å². The standard InChI is InChI=1S/C19H31NO26S3/c1-39-10-6(22)4(20-47(30,31)32)18(44-14(10)17(29)46-49(36,37)38)42-11-9(25)12(45-48(33,34)35)19(43-13(11)15(26)27)40-2-3-5(21)7(23)8(24)16(28)41-3/h3-14,16,18-25,28H,2H2,1H3,(H,26,27)(H,30,31,32)(H,33,34,35)(H,36,37,38)/t3-,4-,5-,6-,7+,8-,9+,10+,11+,12-,13-,14+,16?,18+,19-/m1/s1. The Morgan fingerprint density at radius 2 is 1.31 bits per heavy atom. The summed E-state index contributed by atoms with van der Waals surface area (Å²) in [7, 11) is -15.8. The van der Waals surface area contributed by atoms with Crippen molar-refractivity contribution in [1.29, 1.82) is 0 Å². The third-order valence-corrected chi connectivity index (χ3v) is 8.36. The molecule has 49 heavy (non-hydrogen) atoms. The molecule has 0 aromatic carbocycles. The Balaban J connectivity index is 1.98. The molecule has 0 amide bonds. The molecule has 0 aromatic heterocycles. The van der Waals surface area contributed by atoms with Crippen molar-refractivity contribution in [2.75, 3.05) is 13.7 Å². The number of nitrogens with one attached hydrogen (secondary N) is 1. The summed E-state index contributed by atoms with van der Waals surface area (Å²) >= 11 is 0. The number of hydrogen-bond donors (Lipinski definition) is 11. The van der Waals surface area contributed by atoms with Gasteiger partial charge in [0.1, 0.15) is 54.9 Å². The van der Waals surface area contributed by atoms with Crippen LogP contribution in [0.15, 0.2) is 0 Å². The van der Waals surface area contributed by atoms with E-state index in [-0.39, 0.29) is 0 Å². The number of ether oxygens (including phenoxy) is 6. The number of methoxy groups -OCH3 is 1. The van der Waals surface area contributed by atoms with Gasteiger partial charge in [-0.3, -0.25) is 13.7 Å². The minimum atomic E-state index is -5.63. The second-order valence-corrected chi connectivity index (χ2v) is 13.5.